The summed E-state index contributed by atoms with van der Waals surface area (Å²) in [5.41, 5.74) is 0.480. The van der Waals surface area contributed by atoms with E-state index in [1.807, 2.05) is 6.07 Å². The van der Waals surface area contributed by atoms with Crippen LogP contribution in [0.4, 0.5) is 0 Å². The molecular weight excluding hydrogens is 444 g/mol. The topological polar surface area (TPSA) is 91.6 Å². The lowest BCUT2D eigenvalue weighted by atomic mass is 10.1. The maximum Gasteiger partial charge on any atom is 0.262 e. The molecule has 0 radical (unpaired) electrons. The van der Waals surface area contributed by atoms with Crippen LogP contribution in [-0.2, 0) is 9.53 Å². The van der Waals surface area contributed by atoms with E-state index in [2.05, 4.69) is 37.2 Å². The minimum absolute atomic E-state index is 0.00328. The normalized spacial score (nSPS) is 17.4. The lowest BCUT2D eigenvalue weighted by Gasteiger charge is -2.11. The van der Waals surface area contributed by atoms with Crippen LogP contribution in [0.5, 0.6) is 11.5 Å². The van der Waals surface area contributed by atoms with Gasteiger partial charge in [0.25, 0.3) is 5.91 Å². The molecule has 0 aliphatic carbocycles. The zero-order chi connectivity index (χ0) is 17.7. The molecule has 1 aromatic rings. The fourth-order valence-electron chi connectivity index (χ4n) is 2.28. The second-order valence-corrected chi connectivity index (χ2v) is 6.75. The molecule has 1 heterocycles. The van der Waals surface area contributed by atoms with Crippen LogP contribution >= 0.6 is 31.9 Å². The number of aromatic hydroxyl groups is 1. The number of rotatable bonds is 5. The van der Waals surface area contributed by atoms with Gasteiger partial charge in [-0.25, -0.2) is 0 Å². The van der Waals surface area contributed by atoms with Crippen molar-refractivity contribution in [2.45, 2.75) is 18.9 Å². The van der Waals surface area contributed by atoms with Crippen LogP contribution < -0.4 is 10.1 Å². The van der Waals surface area contributed by atoms with Crippen LogP contribution in [0.2, 0.25) is 0 Å². The number of carbonyl (C=O) groups excluding carboxylic acids is 1. The molecular formula is C16H16Br2N2O4. The number of methoxy groups -OCH3 is 1. The van der Waals surface area contributed by atoms with Crippen molar-refractivity contribution in [1.29, 1.82) is 5.26 Å². The maximum atomic E-state index is 12.2. The summed E-state index contributed by atoms with van der Waals surface area (Å²) in [5.74, 6) is -0.306. The summed E-state index contributed by atoms with van der Waals surface area (Å²) >= 11 is 6.57. The standard InChI is InChI=1S/C16H16Br2N2O4/c1-23-12-6-9(13(17)14(18)15(12)21)5-10(7-19)16(22)20-8-11-3-2-4-24-11/h5-6,11,21H,2-4,8H2,1H3,(H,20,22). The largest absolute Gasteiger partial charge is 0.503 e. The molecule has 8 heteroatoms. The van der Waals surface area contributed by atoms with Crippen molar-refractivity contribution < 1.29 is 19.4 Å². The molecule has 0 aromatic heterocycles. The molecule has 1 aliphatic rings. The van der Waals surface area contributed by atoms with Crippen molar-refractivity contribution in [2.75, 3.05) is 20.3 Å². The van der Waals surface area contributed by atoms with Crippen LogP contribution in [0.25, 0.3) is 6.08 Å². The van der Waals surface area contributed by atoms with Crippen molar-refractivity contribution in [3.63, 3.8) is 0 Å². The van der Waals surface area contributed by atoms with Crippen LogP contribution in [0.3, 0.4) is 0 Å². The summed E-state index contributed by atoms with van der Waals surface area (Å²) < 4.78 is 11.4. The molecule has 1 aromatic carbocycles. The highest BCUT2D eigenvalue weighted by Crippen LogP contribution is 2.42. The summed E-state index contributed by atoms with van der Waals surface area (Å²) in [6, 6.07) is 3.43. The monoisotopic (exact) mass is 458 g/mol. The number of benzene rings is 1. The fourth-order valence-corrected chi connectivity index (χ4v) is 3.12. The van der Waals surface area contributed by atoms with Gasteiger partial charge in [-0.05, 0) is 62.4 Å². The van der Waals surface area contributed by atoms with E-state index in [-0.39, 0.29) is 23.2 Å². The zero-order valence-electron chi connectivity index (χ0n) is 12.9. The Labute approximate surface area is 156 Å². The number of nitriles is 1. The summed E-state index contributed by atoms with van der Waals surface area (Å²) in [7, 11) is 1.42. The molecule has 2 N–H and O–H groups in total. The van der Waals surface area contributed by atoms with E-state index in [0.717, 1.165) is 12.8 Å². The molecule has 24 heavy (non-hydrogen) atoms. The van der Waals surface area contributed by atoms with Gasteiger partial charge in [0, 0.05) is 17.6 Å². The second kappa shape index (κ2) is 8.51. The molecule has 0 bridgehead atoms. The summed E-state index contributed by atoms with van der Waals surface area (Å²) in [4.78, 5) is 12.2. The smallest absolute Gasteiger partial charge is 0.262 e. The van der Waals surface area contributed by atoms with Gasteiger partial charge in [-0.2, -0.15) is 5.26 Å². The number of amides is 1. The molecule has 1 saturated heterocycles. The van der Waals surface area contributed by atoms with Crippen molar-refractivity contribution >= 4 is 43.8 Å². The van der Waals surface area contributed by atoms with E-state index in [9.17, 15) is 15.2 Å². The van der Waals surface area contributed by atoms with E-state index in [4.69, 9.17) is 9.47 Å². The summed E-state index contributed by atoms with van der Waals surface area (Å²) in [5, 5.41) is 21.9. The Hall–Kier alpha value is -1.56. The molecule has 0 spiro atoms. The first-order chi connectivity index (χ1) is 11.5. The highest BCUT2D eigenvalue weighted by Gasteiger charge is 2.19. The Bertz CT molecular complexity index is 707. The first-order valence-electron chi connectivity index (χ1n) is 7.24. The zero-order valence-corrected chi connectivity index (χ0v) is 16.1. The van der Waals surface area contributed by atoms with E-state index in [1.54, 1.807) is 0 Å². The van der Waals surface area contributed by atoms with Crippen LogP contribution in [-0.4, -0.2) is 37.4 Å². The number of nitrogens with one attached hydrogen (secondary N) is 1. The SMILES string of the molecule is COc1cc(C=C(C#N)C(=O)NCC2CCCO2)c(Br)c(Br)c1O. The van der Waals surface area contributed by atoms with E-state index in [0.29, 0.717) is 27.7 Å². The number of nitrogens with zero attached hydrogens (tertiary/aromatic N) is 1. The van der Waals surface area contributed by atoms with Crippen molar-refractivity contribution in [2.24, 2.45) is 0 Å². The van der Waals surface area contributed by atoms with E-state index >= 15 is 0 Å². The average Bonchev–Trinajstić information content (AvgIpc) is 3.10. The van der Waals surface area contributed by atoms with Gasteiger partial charge in [-0.15, -0.1) is 0 Å². The number of carbonyl (C=O) groups is 1. The summed E-state index contributed by atoms with van der Waals surface area (Å²) in [6.07, 6.45) is 3.32. The number of phenols is 1. The molecule has 1 aliphatic heterocycles. The highest BCUT2D eigenvalue weighted by atomic mass is 79.9. The average molecular weight is 460 g/mol. The number of ether oxygens (including phenoxy) is 2. The maximum absolute atomic E-state index is 12.2. The molecule has 1 fully saturated rings. The van der Waals surface area contributed by atoms with Gasteiger partial charge in [0.05, 0.1) is 17.7 Å². The van der Waals surface area contributed by atoms with Crippen LogP contribution in [0.1, 0.15) is 18.4 Å². The molecule has 2 rings (SSSR count). The Kier molecular flexibility index (Phi) is 6.66. The van der Waals surface area contributed by atoms with E-state index < -0.39 is 5.91 Å². The Balaban J connectivity index is 2.21. The van der Waals surface area contributed by atoms with Gasteiger partial charge in [0.1, 0.15) is 11.6 Å². The molecule has 128 valence electrons. The Morgan fingerprint density at radius 3 is 2.92 bits per heavy atom. The minimum Gasteiger partial charge on any atom is -0.503 e. The second-order valence-electron chi connectivity index (χ2n) is 5.16. The first-order valence-corrected chi connectivity index (χ1v) is 8.83. The number of halogens is 2. The Morgan fingerprint density at radius 2 is 2.33 bits per heavy atom. The fraction of sp³-hybridized carbons (Fsp3) is 0.375. The number of hydrogen-bond donors (Lipinski definition) is 2. The minimum atomic E-state index is -0.469. The lowest BCUT2D eigenvalue weighted by molar-refractivity contribution is -0.117. The van der Waals surface area contributed by atoms with E-state index in [1.165, 1.54) is 19.3 Å². The predicted octanol–water partition coefficient (Wildman–Crippen LogP) is 3.13. The first kappa shape index (κ1) is 18.8. The van der Waals surface area contributed by atoms with Gasteiger partial charge in [-0.3, -0.25) is 4.79 Å². The molecule has 1 amide bonds. The Morgan fingerprint density at radius 1 is 1.58 bits per heavy atom. The molecule has 1 atom stereocenters. The lowest BCUT2D eigenvalue weighted by Crippen LogP contribution is -2.32. The van der Waals surface area contributed by atoms with Gasteiger partial charge in [0.2, 0.25) is 0 Å². The molecule has 0 saturated carbocycles. The third-order valence-electron chi connectivity index (χ3n) is 3.57. The van der Waals surface area contributed by atoms with Crippen molar-refractivity contribution in [3.05, 3.63) is 26.1 Å². The number of hydrogen-bond acceptors (Lipinski definition) is 5. The van der Waals surface area contributed by atoms with Gasteiger partial charge >= 0.3 is 0 Å². The van der Waals surface area contributed by atoms with Crippen LogP contribution in [0.15, 0.2) is 20.6 Å². The third kappa shape index (κ3) is 4.29. The van der Waals surface area contributed by atoms with Crippen molar-refractivity contribution in [1.82, 2.24) is 5.32 Å². The third-order valence-corrected chi connectivity index (χ3v) is 5.73. The highest BCUT2D eigenvalue weighted by molar-refractivity contribution is 9.13. The summed E-state index contributed by atoms with van der Waals surface area (Å²) in [6.45, 7) is 1.08. The number of phenolic OH excluding ortho intramolecular Hbond substituents is 1. The quantitative estimate of drug-likeness (QED) is 0.521. The van der Waals surface area contributed by atoms with Gasteiger partial charge < -0.3 is 19.9 Å². The van der Waals surface area contributed by atoms with Crippen molar-refractivity contribution in [3.8, 4) is 17.6 Å². The molecule has 1 unspecified atom stereocenters. The predicted molar refractivity (Wildman–Crippen MR) is 95.6 cm³/mol. The van der Waals surface area contributed by atoms with Crippen LogP contribution in [0, 0.1) is 11.3 Å². The van der Waals surface area contributed by atoms with Gasteiger partial charge in [0.15, 0.2) is 11.5 Å². The van der Waals surface area contributed by atoms with Gasteiger partial charge in [-0.1, -0.05) is 0 Å². The molecule has 6 nitrogen and oxygen atoms in total.